The molecule has 0 spiro atoms. The maximum atomic E-state index is 12.1. The molecule has 3 aromatic rings. The monoisotopic (exact) mass is 380 g/mol. The van der Waals surface area contributed by atoms with Crippen molar-refractivity contribution in [2.75, 3.05) is 6.61 Å². The van der Waals surface area contributed by atoms with Gasteiger partial charge in [0, 0.05) is 0 Å². The first-order chi connectivity index (χ1) is 13.6. The SMILES string of the molecule is CCc1ccc(OCC(=O)NNC(=O)Cn2c(=O)cnc3ccccc32)cc1. The minimum absolute atomic E-state index is 0.246. The van der Waals surface area contributed by atoms with E-state index in [0.29, 0.717) is 16.8 Å². The summed E-state index contributed by atoms with van der Waals surface area (Å²) in [7, 11) is 0. The molecule has 0 unspecified atom stereocenters. The number of hydrogen-bond donors (Lipinski definition) is 2. The maximum absolute atomic E-state index is 12.1. The number of ether oxygens (including phenoxy) is 1. The lowest BCUT2D eigenvalue weighted by atomic mass is 10.2. The lowest BCUT2D eigenvalue weighted by Gasteiger charge is -2.11. The fraction of sp³-hybridized carbons (Fsp3) is 0.200. The van der Waals surface area contributed by atoms with E-state index >= 15 is 0 Å². The average molecular weight is 380 g/mol. The average Bonchev–Trinajstić information content (AvgIpc) is 2.73. The van der Waals surface area contributed by atoms with Crippen molar-refractivity contribution >= 4 is 22.8 Å². The Bertz CT molecular complexity index is 1040. The number of nitrogens with zero attached hydrogens (tertiary/aromatic N) is 2. The van der Waals surface area contributed by atoms with E-state index in [9.17, 15) is 14.4 Å². The highest BCUT2D eigenvalue weighted by Gasteiger charge is 2.10. The summed E-state index contributed by atoms with van der Waals surface area (Å²) in [5, 5.41) is 0. The van der Waals surface area contributed by atoms with Crippen molar-refractivity contribution in [1.29, 1.82) is 0 Å². The zero-order valence-corrected chi connectivity index (χ0v) is 15.3. The first kappa shape index (κ1) is 19.1. The van der Waals surface area contributed by atoms with Crippen LogP contribution in [-0.4, -0.2) is 28.0 Å². The van der Waals surface area contributed by atoms with E-state index < -0.39 is 17.4 Å². The number of aromatic nitrogens is 2. The summed E-state index contributed by atoms with van der Waals surface area (Å²) < 4.78 is 6.66. The number of hydrazine groups is 1. The van der Waals surface area contributed by atoms with Crippen LogP contribution in [0.4, 0.5) is 0 Å². The molecule has 28 heavy (non-hydrogen) atoms. The number of rotatable bonds is 6. The second-order valence-electron chi connectivity index (χ2n) is 6.05. The molecule has 0 aliphatic carbocycles. The number of para-hydroxylation sites is 2. The molecule has 0 saturated heterocycles. The van der Waals surface area contributed by atoms with Gasteiger partial charge >= 0.3 is 0 Å². The molecule has 0 aliphatic heterocycles. The van der Waals surface area contributed by atoms with Gasteiger partial charge < -0.3 is 4.74 Å². The Hall–Kier alpha value is -3.68. The molecule has 8 heteroatoms. The molecular formula is C20H20N4O4. The summed E-state index contributed by atoms with van der Waals surface area (Å²) in [5.41, 5.74) is 6.45. The van der Waals surface area contributed by atoms with Crippen LogP contribution in [0.5, 0.6) is 5.75 Å². The summed E-state index contributed by atoms with van der Waals surface area (Å²) in [6.45, 7) is 1.56. The molecule has 0 saturated carbocycles. The highest BCUT2D eigenvalue weighted by Crippen LogP contribution is 2.12. The molecule has 1 aromatic heterocycles. The van der Waals surface area contributed by atoms with Crippen LogP contribution in [0.1, 0.15) is 12.5 Å². The molecule has 0 atom stereocenters. The second-order valence-corrected chi connectivity index (χ2v) is 6.05. The highest BCUT2D eigenvalue weighted by atomic mass is 16.5. The van der Waals surface area contributed by atoms with Crippen LogP contribution in [0.3, 0.4) is 0 Å². The summed E-state index contributed by atoms with van der Waals surface area (Å²) >= 11 is 0. The van der Waals surface area contributed by atoms with Crippen LogP contribution < -0.4 is 21.1 Å². The van der Waals surface area contributed by atoms with Crippen LogP contribution in [0.25, 0.3) is 11.0 Å². The van der Waals surface area contributed by atoms with Gasteiger partial charge in [-0.05, 0) is 36.2 Å². The van der Waals surface area contributed by atoms with E-state index in [1.807, 2.05) is 12.1 Å². The number of nitrogens with one attached hydrogen (secondary N) is 2. The van der Waals surface area contributed by atoms with Gasteiger partial charge in [-0.1, -0.05) is 31.2 Å². The van der Waals surface area contributed by atoms with Gasteiger partial charge in [-0.15, -0.1) is 0 Å². The highest BCUT2D eigenvalue weighted by molar-refractivity contribution is 5.83. The lowest BCUT2D eigenvalue weighted by Crippen LogP contribution is -2.46. The number of carbonyl (C=O) groups excluding carboxylic acids is 2. The molecular weight excluding hydrogens is 360 g/mol. The van der Waals surface area contributed by atoms with Crippen LogP contribution in [0.2, 0.25) is 0 Å². The van der Waals surface area contributed by atoms with E-state index in [4.69, 9.17) is 4.74 Å². The topological polar surface area (TPSA) is 102 Å². The standard InChI is InChI=1S/C20H20N4O4/c1-2-14-7-9-15(10-8-14)28-13-19(26)23-22-18(25)12-24-17-6-4-3-5-16(17)21-11-20(24)27/h3-11H,2,12-13H2,1H3,(H,22,25)(H,23,26). The van der Waals surface area contributed by atoms with Gasteiger partial charge in [-0.3, -0.25) is 29.8 Å². The normalized spacial score (nSPS) is 10.5. The van der Waals surface area contributed by atoms with Crippen molar-refractivity contribution in [3.63, 3.8) is 0 Å². The number of benzene rings is 2. The van der Waals surface area contributed by atoms with Crippen molar-refractivity contribution < 1.29 is 14.3 Å². The predicted octanol–water partition coefficient (Wildman–Crippen LogP) is 1.19. The van der Waals surface area contributed by atoms with Crippen molar-refractivity contribution in [1.82, 2.24) is 20.4 Å². The molecule has 0 aliphatic rings. The molecule has 8 nitrogen and oxygen atoms in total. The Morgan fingerprint density at radius 2 is 1.75 bits per heavy atom. The third kappa shape index (κ3) is 4.73. The first-order valence-electron chi connectivity index (χ1n) is 8.81. The maximum Gasteiger partial charge on any atom is 0.276 e. The number of fused-ring (bicyclic) bond motifs is 1. The molecule has 144 valence electrons. The Morgan fingerprint density at radius 1 is 1.04 bits per heavy atom. The van der Waals surface area contributed by atoms with Gasteiger partial charge in [0.15, 0.2) is 6.61 Å². The van der Waals surface area contributed by atoms with Gasteiger partial charge in [0.05, 0.1) is 17.2 Å². The molecule has 2 amide bonds. The third-order valence-corrected chi connectivity index (χ3v) is 4.10. The number of aryl methyl sites for hydroxylation is 1. The molecule has 1 heterocycles. The van der Waals surface area contributed by atoms with Gasteiger partial charge in [0.25, 0.3) is 17.4 Å². The first-order valence-corrected chi connectivity index (χ1v) is 8.81. The largest absolute Gasteiger partial charge is 0.484 e. The zero-order valence-electron chi connectivity index (χ0n) is 15.3. The smallest absolute Gasteiger partial charge is 0.276 e. The second kappa shape index (κ2) is 8.81. The molecule has 0 radical (unpaired) electrons. The Kier molecular flexibility index (Phi) is 6.01. The van der Waals surface area contributed by atoms with Crippen LogP contribution >= 0.6 is 0 Å². The molecule has 2 N–H and O–H groups in total. The quantitative estimate of drug-likeness (QED) is 0.626. The van der Waals surface area contributed by atoms with Gasteiger partial charge in [0.1, 0.15) is 12.3 Å². The molecule has 3 rings (SSSR count). The summed E-state index contributed by atoms with van der Waals surface area (Å²) in [4.78, 5) is 40.0. The van der Waals surface area contributed by atoms with E-state index in [1.165, 1.54) is 10.1 Å². The zero-order chi connectivity index (χ0) is 19.9. The molecule has 2 aromatic carbocycles. The fourth-order valence-corrected chi connectivity index (χ4v) is 2.61. The number of amides is 2. The number of hydrogen-bond acceptors (Lipinski definition) is 5. The molecule has 0 bridgehead atoms. The van der Waals surface area contributed by atoms with E-state index in [1.54, 1.807) is 36.4 Å². The third-order valence-electron chi connectivity index (χ3n) is 4.10. The number of carbonyl (C=O) groups is 2. The van der Waals surface area contributed by atoms with Crippen molar-refractivity contribution in [3.05, 3.63) is 70.6 Å². The van der Waals surface area contributed by atoms with Crippen molar-refractivity contribution in [3.8, 4) is 5.75 Å². The summed E-state index contributed by atoms with van der Waals surface area (Å²) in [5.74, 6) is -0.493. The van der Waals surface area contributed by atoms with Crippen LogP contribution in [-0.2, 0) is 22.6 Å². The van der Waals surface area contributed by atoms with Gasteiger partial charge in [0.2, 0.25) is 0 Å². The van der Waals surface area contributed by atoms with Crippen molar-refractivity contribution in [2.45, 2.75) is 19.9 Å². The van der Waals surface area contributed by atoms with Gasteiger partial charge in [-0.25, -0.2) is 4.98 Å². The van der Waals surface area contributed by atoms with Crippen molar-refractivity contribution in [2.24, 2.45) is 0 Å². The van der Waals surface area contributed by atoms with Gasteiger partial charge in [-0.2, -0.15) is 0 Å². The summed E-state index contributed by atoms with van der Waals surface area (Å²) in [6.07, 6.45) is 2.08. The Balaban J connectivity index is 1.52. The molecule has 0 fully saturated rings. The van der Waals surface area contributed by atoms with E-state index in [-0.39, 0.29) is 13.2 Å². The minimum Gasteiger partial charge on any atom is -0.484 e. The van der Waals surface area contributed by atoms with Crippen LogP contribution in [0.15, 0.2) is 59.5 Å². The Labute approximate surface area is 161 Å². The minimum atomic E-state index is -0.542. The lowest BCUT2D eigenvalue weighted by molar-refractivity contribution is -0.130. The Morgan fingerprint density at radius 3 is 2.50 bits per heavy atom. The fourth-order valence-electron chi connectivity index (χ4n) is 2.61. The summed E-state index contributed by atoms with van der Waals surface area (Å²) in [6, 6.07) is 14.4. The predicted molar refractivity (Wildman–Crippen MR) is 104 cm³/mol. The van der Waals surface area contributed by atoms with E-state index in [0.717, 1.165) is 12.6 Å². The van der Waals surface area contributed by atoms with Crippen LogP contribution in [0, 0.1) is 0 Å². The van der Waals surface area contributed by atoms with E-state index in [2.05, 4.69) is 22.8 Å².